The van der Waals surface area contributed by atoms with Crippen molar-refractivity contribution in [1.29, 1.82) is 0 Å². The van der Waals surface area contributed by atoms with Crippen LogP contribution in [0.4, 0.5) is 9.93 Å². The molecule has 0 aliphatic rings. The number of aliphatic carboxylic acids is 1. The Labute approximate surface area is 245 Å². The standard InChI is InChI=1S/C26H32ClN3O10S/c1-25(2,3)38-17(31)12-16(22(34)37-13-14-8-10-15(36-7)11-9-14)40-30-19(21(32)33)18-20(27)41-23(28-18)29-24(35)39-26(4,5)6/h8-11,16H,12-13H2,1-7H3,(H,32,33)(H,28,29,35). The number of carboxylic acid groups (broad SMARTS) is 1. The van der Waals surface area contributed by atoms with Gasteiger partial charge in [-0.05, 0) is 59.2 Å². The van der Waals surface area contributed by atoms with E-state index in [1.54, 1.807) is 65.8 Å². The predicted octanol–water partition coefficient (Wildman–Crippen LogP) is 4.80. The summed E-state index contributed by atoms with van der Waals surface area (Å²) in [6, 6.07) is 6.68. The lowest BCUT2D eigenvalue weighted by atomic mass is 10.2. The lowest BCUT2D eigenvalue weighted by Gasteiger charge is -2.21. The molecule has 2 N–H and O–H groups in total. The van der Waals surface area contributed by atoms with Crippen molar-refractivity contribution >= 4 is 57.8 Å². The number of anilines is 1. The number of nitrogens with one attached hydrogen (secondary N) is 1. The zero-order valence-corrected chi connectivity index (χ0v) is 25.2. The van der Waals surface area contributed by atoms with E-state index in [2.05, 4.69) is 15.5 Å². The van der Waals surface area contributed by atoms with Crippen molar-refractivity contribution in [3.8, 4) is 5.75 Å². The third-order valence-electron chi connectivity index (χ3n) is 4.47. The van der Waals surface area contributed by atoms with E-state index >= 15 is 0 Å². The molecule has 1 heterocycles. The Morgan fingerprint density at radius 3 is 2.20 bits per heavy atom. The Bertz CT molecular complexity index is 1280. The highest BCUT2D eigenvalue weighted by molar-refractivity contribution is 7.20. The Hall–Kier alpha value is -3.91. The van der Waals surface area contributed by atoms with Crippen LogP contribution in [0.5, 0.6) is 5.75 Å². The number of halogens is 1. The van der Waals surface area contributed by atoms with E-state index in [1.807, 2.05) is 0 Å². The molecule has 1 atom stereocenters. The maximum atomic E-state index is 12.9. The molecule has 0 spiro atoms. The average molecular weight is 614 g/mol. The fourth-order valence-corrected chi connectivity index (χ4v) is 3.89. The largest absolute Gasteiger partial charge is 0.497 e. The normalized spacial score (nSPS) is 12.6. The maximum Gasteiger partial charge on any atom is 0.413 e. The first-order valence-electron chi connectivity index (χ1n) is 12.1. The number of methoxy groups -OCH3 is 1. The number of hydrogen-bond acceptors (Lipinski definition) is 12. The summed E-state index contributed by atoms with van der Waals surface area (Å²) in [6.07, 6.45) is -3.14. The van der Waals surface area contributed by atoms with Gasteiger partial charge in [-0.1, -0.05) is 40.2 Å². The molecule has 1 amide bonds. The fraction of sp³-hybridized carbons (Fsp3) is 0.462. The van der Waals surface area contributed by atoms with Gasteiger partial charge in [0.2, 0.25) is 11.8 Å². The van der Waals surface area contributed by atoms with Crippen LogP contribution in [0.15, 0.2) is 29.4 Å². The van der Waals surface area contributed by atoms with Gasteiger partial charge in [0.1, 0.15) is 33.6 Å². The van der Waals surface area contributed by atoms with Gasteiger partial charge in [0.25, 0.3) is 0 Å². The summed E-state index contributed by atoms with van der Waals surface area (Å²) >= 11 is 6.91. The van der Waals surface area contributed by atoms with Gasteiger partial charge >= 0.3 is 24.0 Å². The van der Waals surface area contributed by atoms with Crippen LogP contribution in [0.2, 0.25) is 4.34 Å². The van der Waals surface area contributed by atoms with Crippen molar-refractivity contribution in [2.24, 2.45) is 5.16 Å². The Balaban J connectivity index is 2.27. The molecule has 0 aliphatic heterocycles. The number of nitrogens with zero attached hydrogens (tertiary/aromatic N) is 2. The molecular formula is C26H32ClN3O10S. The van der Waals surface area contributed by atoms with Crippen LogP contribution in [0.1, 0.15) is 59.2 Å². The summed E-state index contributed by atoms with van der Waals surface area (Å²) in [6.45, 7) is 9.72. The molecule has 1 aromatic carbocycles. The quantitative estimate of drug-likeness (QED) is 0.154. The second-order valence-electron chi connectivity index (χ2n) is 10.4. The smallest absolute Gasteiger partial charge is 0.413 e. The molecular weight excluding hydrogens is 582 g/mol. The number of amides is 1. The molecule has 2 rings (SSSR count). The Kier molecular flexibility index (Phi) is 11.5. The summed E-state index contributed by atoms with van der Waals surface area (Å²) in [5, 5.41) is 15.6. The van der Waals surface area contributed by atoms with Gasteiger partial charge < -0.3 is 28.9 Å². The van der Waals surface area contributed by atoms with Gasteiger partial charge in [0.05, 0.1) is 13.5 Å². The van der Waals surface area contributed by atoms with Gasteiger partial charge in [-0.2, -0.15) is 0 Å². The third-order valence-corrected chi connectivity index (χ3v) is 5.64. The van der Waals surface area contributed by atoms with E-state index in [4.69, 9.17) is 35.4 Å². The fourth-order valence-electron chi connectivity index (χ4n) is 2.86. The summed E-state index contributed by atoms with van der Waals surface area (Å²) in [5.41, 5.74) is -2.18. The maximum absolute atomic E-state index is 12.9. The first-order valence-corrected chi connectivity index (χ1v) is 13.3. The summed E-state index contributed by atoms with van der Waals surface area (Å²) in [7, 11) is 1.51. The number of aromatic nitrogens is 1. The van der Waals surface area contributed by atoms with E-state index in [1.165, 1.54) is 7.11 Å². The SMILES string of the molecule is COc1ccc(COC(=O)C(CC(=O)OC(C)(C)C)ON=C(C(=O)O)c2nc(NC(=O)OC(C)(C)C)sc2Cl)cc1. The van der Waals surface area contributed by atoms with Crippen molar-refractivity contribution in [2.75, 3.05) is 12.4 Å². The third kappa shape index (κ3) is 11.6. The molecule has 0 saturated heterocycles. The number of rotatable bonds is 11. The second-order valence-corrected chi connectivity index (χ2v) is 12.0. The van der Waals surface area contributed by atoms with Crippen LogP contribution in [-0.4, -0.2) is 64.2 Å². The summed E-state index contributed by atoms with van der Waals surface area (Å²) < 4.78 is 20.6. The number of ether oxygens (including phenoxy) is 4. The molecule has 0 fully saturated rings. The number of carbonyl (C=O) groups excluding carboxylic acids is 3. The van der Waals surface area contributed by atoms with Gasteiger partial charge in [0, 0.05) is 0 Å². The monoisotopic (exact) mass is 613 g/mol. The second kappa shape index (κ2) is 14.1. The summed E-state index contributed by atoms with van der Waals surface area (Å²) in [4.78, 5) is 58.6. The average Bonchev–Trinajstić information content (AvgIpc) is 3.18. The zero-order chi connectivity index (χ0) is 31.0. The number of hydrogen-bond donors (Lipinski definition) is 2. The highest BCUT2D eigenvalue weighted by atomic mass is 35.5. The van der Waals surface area contributed by atoms with E-state index in [-0.39, 0.29) is 21.8 Å². The first kappa shape index (κ1) is 33.3. The molecule has 0 aliphatic carbocycles. The molecule has 0 radical (unpaired) electrons. The Morgan fingerprint density at radius 1 is 1.05 bits per heavy atom. The van der Waals surface area contributed by atoms with Crippen molar-refractivity contribution in [2.45, 2.75) is 71.9 Å². The van der Waals surface area contributed by atoms with Crippen LogP contribution in [0.25, 0.3) is 0 Å². The first-order chi connectivity index (χ1) is 19.0. The highest BCUT2D eigenvalue weighted by Crippen LogP contribution is 2.29. The lowest BCUT2D eigenvalue weighted by molar-refractivity contribution is -0.169. The molecule has 0 bridgehead atoms. The van der Waals surface area contributed by atoms with Gasteiger partial charge in [0.15, 0.2) is 5.13 Å². The van der Waals surface area contributed by atoms with Crippen molar-refractivity contribution in [1.82, 2.24) is 4.98 Å². The number of oxime groups is 1. The van der Waals surface area contributed by atoms with Crippen molar-refractivity contribution in [3.05, 3.63) is 39.9 Å². The minimum atomic E-state index is -1.67. The molecule has 1 aromatic heterocycles. The van der Waals surface area contributed by atoms with E-state index in [0.29, 0.717) is 11.3 Å². The molecule has 2 aromatic rings. The number of carboxylic acids is 1. The van der Waals surface area contributed by atoms with Crippen molar-refractivity contribution < 1.29 is 48.1 Å². The van der Waals surface area contributed by atoms with Gasteiger partial charge in [-0.25, -0.2) is 19.4 Å². The molecule has 224 valence electrons. The van der Waals surface area contributed by atoms with Crippen molar-refractivity contribution in [3.63, 3.8) is 0 Å². The number of esters is 2. The minimum absolute atomic E-state index is 0.0718. The number of benzene rings is 1. The topological polar surface area (TPSA) is 172 Å². The number of thiazole rings is 1. The van der Waals surface area contributed by atoms with Crippen LogP contribution in [-0.2, 0) is 40.0 Å². The lowest BCUT2D eigenvalue weighted by Crippen LogP contribution is -2.32. The van der Waals surface area contributed by atoms with E-state index < -0.39 is 53.4 Å². The number of carbonyl (C=O) groups is 4. The van der Waals surface area contributed by atoms with E-state index in [9.17, 15) is 24.3 Å². The highest BCUT2D eigenvalue weighted by Gasteiger charge is 2.31. The molecule has 0 saturated carbocycles. The predicted molar refractivity (Wildman–Crippen MR) is 149 cm³/mol. The van der Waals surface area contributed by atoms with Crippen LogP contribution in [0, 0.1) is 0 Å². The Morgan fingerprint density at radius 2 is 1.66 bits per heavy atom. The van der Waals surface area contributed by atoms with Gasteiger partial charge in [-0.15, -0.1) is 0 Å². The molecule has 15 heteroatoms. The van der Waals surface area contributed by atoms with Crippen LogP contribution in [0.3, 0.4) is 0 Å². The van der Waals surface area contributed by atoms with Gasteiger partial charge in [-0.3, -0.25) is 10.1 Å². The van der Waals surface area contributed by atoms with Crippen LogP contribution >= 0.6 is 22.9 Å². The molecule has 13 nitrogen and oxygen atoms in total. The molecule has 41 heavy (non-hydrogen) atoms. The van der Waals surface area contributed by atoms with Crippen LogP contribution < -0.4 is 10.1 Å². The molecule has 1 unspecified atom stereocenters. The zero-order valence-electron chi connectivity index (χ0n) is 23.6. The minimum Gasteiger partial charge on any atom is -0.497 e. The summed E-state index contributed by atoms with van der Waals surface area (Å²) in [5.74, 6) is -2.82. The van der Waals surface area contributed by atoms with E-state index in [0.717, 1.165) is 11.3 Å².